The van der Waals surface area contributed by atoms with E-state index >= 15 is 0 Å². The van der Waals surface area contributed by atoms with Gasteiger partial charge in [-0.2, -0.15) is 0 Å². The van der Waals surface area contributed by atoms with E-state index in [1.165, 1.54) is 28.8 Å². The van der Waals surface area contributed by atoms with Gasteiger partial charge >= 0.3 is 0 Å². The van der Waals surface area contributed by atoms with Crippen molar-refractivity contribution in [2.75, 3.05) is 17.6 Å². The molecule has 0 heterocycles. The van der Waals surface area contributed by atoms with Crippen molar-refractivity contribution in [3.8, 4) is 0 Å². The van der Waals surface area contributed by atoms with Crippen molar-refractivity contribution >= 4 is 11.4 Å². The summed E-state index contributed by atoms with van der Waals surface area (Å²) in [6.45, 7) is 2.50. The van der Waals surface area contributed by atoms with Gasteiger partial charge in [0, 0.05) is 30.0 Å². The zero-order valence-electron chi connectivity index (χ0n) is 19.5. The molecule has 3 aromatic rings. The summed E-state index contributed by atoms with van der Waals surface area (Å²) in [5.41, 5.74) is 11.7. The van der Waals surface area contributed by atoms with Crippen LogP contribution in [-0.4, -0.2) is 23.8 Å². The van der Waals surface area contributed by atoms with Crippen LogP contribution in [0, 0.1) is 11.6 Å². The highest BCUT2D eigenvalue weighted by molar-refractivity contribution is 5.54. The largest absolute Gasteiger partial charge is 0.399 e. The average Bonchev–Trinajstić information content (AvgIpc) is 2.81. The van der Waals surface area contributed by atoms with Crippen molar-refractivity contribution in [1.29, 1.82) is 0 Å². The van der Waals surface area contributed by atoms with Gasteiger partial charge in [0.15, 0.2) is 0 Å². The van der Waals surface area contributed by atoms with E-state index in [0.717, 1.165) is 37.4 Å². The molecule has 1 aliphatic carbocycles. The molecular weight excluding hydrogens is 432 g/mol. The third-order valence-electron chi connectivity index (χ3n) is 6.59. The molecule has 3 atom stereocenters. The van der Waals surface area contributed by atoms with E-state index in [2.05, 4.69) is 35.8 Å². The molecule has 0 bridgehead atoms. The van der Waals surface area contributed by atoms with Crippen LogP contribution in [0.2, 0.25) is 0 Å². The van der Waals surface area contributed by atoms with Gasteiger partial charge in [-0.15, -0.1) is 0 Å². The molecule has 34 heavy (non-hydrogen) atoms. The maximum Gasteiger partial charge on any atom is 0.126 e. The van der Waals surface area contributed by atoms with Gasteiger partial charge in [0.25, 0.3) is 0 Å². The van der Waals surface area contributed by atoms with E-state index in [-0.39, 0.29) is 12.5 Å². The van der Waals surface area contributed by atoms with Crippen LogP contribution in [0.25, 0.3) is 0 Å². The summed E-state index contributed by atoms with van der Waals surface area (Å²) < 4.78 is 27.6. The van der Waals surface area contributed by atoms with Gasteiger partial charge < -0.3 is 21.5 Å². The Morgan fingerprint density at radius 1 is 1.03 bits per heavy atom. The molecule has 0 radical (unpaired) electrons. The second-order valence-corrected chi connectivity index (χ2v) is 9.17. The minimum Gasteiger partial charge on any atom is -0.399 e. The van der Waals surface area contributed by atoms with Crippen LogP contribution in [0.3, 0.4) is 0 Å². The van der Waals surface area contributed by atoms with Crippen molar-refractivity contribution in [3.05, 3.63) is 94.6 Å². The normalized spacial score (nSPS) is 17.1. The number of nitrogen functional groups attached to an aromatic ring is 1. The van der Waals surface area contributed by atoms with Gasteiger partial charge in [0.05, 0.1) is 12.1 Å². The van der Waals surface area contributed by atoms with E-state index in [1.54, 1.807) is 12.1 Å². The Kier molecular flexibility index (Phi) is 7.80. The Labute approximate surface area is 200 Å². The molecule has 1 aliphatic rings. The molecule has 0 fully saturated rings. The number of aryl methyl sites for hydroxylation is 2. The number of nitrogens with one attached hydrogen (secondary N) is 2. The highest BCUT2D eigenvalue weighted by Crippen LogP contribution is 2.31. The van der Waals surface area contributed by atoms with E-state index in [4.69, 9.17) is 5.73 Å². The molecule has 180 valence electrons. The zero-order chi connectivity index (χ0) is 24.1. The maximum absolute atomic E-state index is 13.8. The number of halogens is 2. The van der Waals surface area contributed by atoms with Crippen LogP contribution >= 0.6 is 0 Å². The average molecular weight is 466 g/mol. The van der Waals surface area contributed by atoms with Crippen LogP contribution in [0.5, 0.6) is 0 Å². The number of fused-ring (bicyclic) bond motifs is 1. The summed E-state index contributed by atoms with van der Waals surface area (Å²) in [6, 6.07) is 17.1. The molecule has 4 nitrogen and oxygen atoms in total. The minimum atomic E-state index is -0.799. The van der Waals surface area contributed by atoms with E-state index < -0.39 is 23.8 Å². The van der Waals surface area contributed by atoms with Crippen LogP contribution in [-0.2, 0) is 19.3 Å². The summed E-state index contributed by atoms with van der Waals surface area (Å²) in [5.74, 6) is -1.26. The maximum atomic E-state index is 13.8. The lowest BCUT2D eigenvalue weighted by Crippen LogP contribution is -2.43. The molecule has 0 unspecified atom stereocenters. The Bertz CT molecular complexity index is 1100. The van der Waals surface area contributed by atoms with Crippen LogP contribution in [0.15, 0.2) is 60.7 Å². The first-order chi connectivity index (χ1) is 16.4. The highest BCUT2D eigenvalue weighted by atomic mass is 19.1. The molecule has 0 saturated carbocycles. The predicted molar refractivity (Wildman–Crippen MR) is 134 cm³/mol. The van der Waals surface area contributed by atoms with Crippen molar-refractivity contribution in [2.24, 2.45) is 0 Å². The minimum absolute atomic E-state index is 0.171. The Balaban J connectivity index is 1.50. The number of anilines is 2. The molecule has 0 spiro atoms. The van der Waals surface area contributed by atoms with E-state index in [9.17, 15) is 13.9 Å². The van der Waals surface area contributed by atoms with Gasteiger partial charge in [0.1, 0.15) is 11.6 Å². The molecule has 6 heteroatoms. The standard InChI is InChI=1S/C28H33F2N3O/c1-2-18-9-10-20-5-3-8-26(25(20)13-18)32-17-28(34)27(33-24-7-4-6-23(31)16-24)14-19-11-21(29)15-22(30)12-19/h4,6-7,9-13,15-16,26-28,32-34H,2-3,5,8,14,17,31H2,1H3/t26-,27-,28+/m0/s1. The second-order valence-electron chi connectivity index (χ2n) is 9.17. The number of hydrogen-bond donors (Lipinski definition) is 4. The molecule has 4 rings (SSSR count). The molecule has 5 N–H and O–H groups in total. The Morgan fingerprint density at radius 3 is 2.56 bits per heavy atom. The summed E-state index contributed by atoms with van der Waals surface area (Å²) in [5, 5.41) is 18.0. The molecular formula is C28H33F2N3O. The van der Waals surface area contributed by atoms with Gasteiger partial charge in [0.2, 0.25) is 0 Å². The van der Waals surface area contributed by atoms with E-state index in [1.807, 2.05) is 12.1 Å². The van der Waals surface area contributed by atoms with Crippen LogP contribution < -0.4 is 16.4 Å². The predicted octanol–water partition coefficient (Wildman–Crippen LogP) is 5.16. The number of nitrogens with two attached hydrogens (primary N) is 1. The fraction of sp³-hybridized carbons (Fsp3) is 0.357. The van der Waals surface area contributed by atoms with Crippen molar-refractivity contribution in [1.82, 2.24) is 5.32 Å². The van der Waals surface area contributed by atoms with Crippen LogP contribution in [0.1, 0.15) is 48.1 Å². The monoisotopic (exact) mass is 465 g/mol. The third kappa shape index (κ3) is 6.13. The lowest BCUT2D eigenvalue weighted by atomic mass is 9.86. The highest BCUT2D eigenvalue weighted by Gasteiger charge is 2.25. The van der Waals surface area contributed by atoms with E-state index in [0.29, 0.717) is 17.8 Å². The summed E-state index contributed by atoms with van der Waals surface area (Å²) in [4.78, 5) is 0. The lowest BCUT2D eigenvalue weighted by molar-refractivity contribution is 0.143. The smallest absolute Gasteiger partial charge is 0.126 e. The first-order valence-corrected chi connectivity index (χ1v) is 12.0. The van der Waals surface area contributed by atoms with Crippen molar-refractivity contribution in [2.45, 2.75) is 57.2 Å². The van der Waals surface area contributed by atoms with Gasteiger partial charge in [-0.3, -0.25) is 0 Å². The van der Waals surface area contributed by atoms with Gasteiger partial charge in [-0.25, -0.2) is 8.78 Å². The lowest BCUT2D eigenvalue weighted by Gasteiger charge is -2.31. The molecule has 0 aliphatic heterocycles. The number of aliphatic hydroxyl groups is 1. The zero-order valence-corrected chi connectivity index (χ0v) is 19.5. The van der Waals surface area contributed by atoms with Crippen molar-refractivity contribution in [3.63, 3.8) is 0 Å². The number of benzene rings is 3. The first-order valence-electron chi connectivity index (χ1n) is 12.0. The SMILES string of the molecule is CCc1ccc2c(c1)[C@@H](NC[C@@H](O)[C@H](Cc1cc(F)cc(F)c1)Nc1cccc(N)c1)CCC2. The van der Waals surface area contributed by atoms with Gasteiger partial charge in [-0.1, -0.05) is 31.2 Å². The first kappa shape index (κ1) is 24.2. The number of hydrogen-bond acceptors (Lipinski definition) is 4. The van der Waals surface area contributed by atoms with Gasteiger partial charge in [-0.05, 0) is 84.7 Å². The topological polar surface area (TPSA) is 70.3 Å². The van der Waals surface area contributed by atoms with Crippen LogP contribution in [0.4, 0.5) is 20.2 Å². The summed E-state index contributed by atoms with van der Waals surface area (Å²) in [6.07, 6.45) is 3.62. The Hall–Kier alpha value is -2.96. The third-order valence-corrected chi connectivity index (χ3v) is 6.59. The van der Waals surface area contributed by atoms with Crippen molar-refractivity contribution < 1.29 is 13.9 Å². The molecule has 0 aromatic heterocycles. The summed E-state index contributed by atoms with van der Waals surface area (Å²) >= 11 is 0. The fourth-order valence-electron chi connectivity index (χ4n) is 4.79. The fourth-order valence-corrected chi connectivity index (χ4v) is 4.79. The molecule has 0 amide bonds. The number of rotatable bonds is 9. The Morgan fingerprint density at radius 2 is 1.82 bits per heavy atom. The molecule has 3 aromatic carbocycles. The summed E-state index contributed by atoms with van der Waals surface area (Å²) in [7, 11) is 0. The quantitative estimate of drug-likeness (QED) is 0.330. The molecule has 0 saturated heterocycles. The second kappa shape index (κ2) is 11.0. The number of aliphatic hydroxyl groups excluding tert-OH is 1.